The van der Waals surface area contributed by atoms with Gasteiger partial charge in [-0.1, -0.05) is 23.7 Å². The Labute approximate surface area is 185 Å². The van der Waals surface area contributed by atoms with E-state index in [1.807, 2.05) is 18.2 Å². The Bertz CT molecular complexity index is 1090. The Balaban J connectivity index is 1.53. The highest BCUT2D eigenvalue weighted by atomic mass is 35.5. The summed E-state index contributed by atoms with van der Waals surface area (Å²) in [6.07, 6.45) is 5.09. The van der Waals surface area contributed by atoms with E-state index in [-0.39, 0.29) is 5.82 Å². The van der Waals surface area contributed by atoms with Gasteiger partial charge in [0, 0.05) is 30.1 Å². The molecule has 160 valence electrons. The zero-order chi connectivity index (χ0) is 21.8. The van der Waals surface area contributed by atoms with Gasteiger partial charge in [-0.05, 0) is 61.6 Å². The zero-order valence-corrected chi connectivity index (χ0v) is 17.7. The highest BCUT2D eigenvalue weighted by molar-refractivity contribution is 6.33. The number of nitrogens with two attached hydrogens (primary N) is 1. The van der Waals surface area contributed by atoms with E-state index < -0.39 is 0 Å². The molecule has 1 aliphatic carbocycles. The van der Waals surface area contributed by atoms with E-state index >= 15 is 0 Å². The van der Waals surface area contributed by atoms with Gasteiger partial charge in [-0.3, -0.25) is 0 Å². The fraction of sp³-hybridized carbons (Fsp3) is 0.261. The maximum atomic E-state index is 13.4. The van der Waals surface area contributed by atoms with Gasteiger partial charge in [0.05, 0.1) is 16.4 Å². The van der Waals surface area contributed by atoms with E-state index in [2.05, 4.69) is 20.6 Å². The molecule has 1 aromatic carbocycles. The van der Waals surface area contributed by atoms with Gasteiger partial charge in [0.2, 0.25) is 0 Å². The number of anilines is 3. The van der Waals surface area contributed by atoms with E-state index in [1.54, 1.807) is 18.3 Å². The Kier molecular flexibility index (Phi) is 6.32. The van der Waals surface area contributed by atoms with Crippen molar-refractivity contribution in [2.24, 2.45) is 0 Å². The van der Waals surface area contributed by atoms with E-state index in [9.17, 15) is 4.39 Å². The molecule has 0 radical (unpaired) electrons. The van der Waals surface area contributed by atoms with E-state index in [4.69, 9.17) is 22.7 Å². The molecule has 0 atom stereocenters. The van der Waals surface area contributed by atoms with Crippen molar-refractivity contribution < 1.29 is 4.39 Å². The number of nitrogens with zero attached hydrogens (tertiary/aromatic N) is 2. The lowest BCUT2D eigenvalue weighted by Crippen LogP contribution is -2.26. The van der Waals surface area contributed by atoms with Crippen molar-refractivity contribution in [2.75, 3.05) is 16.4 Å². The molecule has 1 saturated carbocycles. The second kappa shape index (κ2) is 9.31. The van der Waals surface area contributed by atoms with Crippen LogP contribution >= 0.6 is 11.6 Å². The van der Waals surface area contributed by atoms with Gasteiger partial charge < -0.3 is 21.8 Å². The number of halogens is 2. The molecule has 0 amide bonds. The van der Waals surface area contributed by atoms with Gasteiger partial charge in [0.25, 0.3) is 0 Å². The normalized spacial score (nSPS) is 16.2. The van der Waals surface area contributed by atoms with Crippen molar-refractivity contribution >= 4 is 34.6 Å². The second-order valence-corrected chi connectivity index (χ2v) is 8.10. The quantitative estimate of drug-likeness (QED) is 0.407. The molecule has 6 nitrogen and oxygen atoms in total. The third-order valence-electron chi connectivity index (χ3n) is 5.35. The molecule has 2 heterocycles. The van der Waals surface area contributed by atoms with E-state index in [1.165, 1.54) is 12.1 Å². The second-order valence-electron chi connectivity index (χ2n) is 7.69. The van der Waals surface area contributed by atoms with Crippen LogP contribution in [-0.4, -0.2) is 21.7 Å². The minimum absolute atomic E-state index is 0.285. The first-order valence-corrected chi connectivity index (χ1v) is 10.6. The third kappa shape index (κ3) is 5.30. The minimum Gasteiger partial charge on any atom is -0.396 e. The Hall–Kier alpha value is -3.19. The fourth-order valence-electron chi connectivity index (χ4n) is 3.63. The van der Waals surface area contributed by atoms with Crippen LogP contribution in [0, 0.1) is 11.2 Å². The number of nitrogens with one attached hydrogen (secondary N) is 3. The maximum Gasteiger partial charge on any atom is 0.150 e. The van der Waals surface area contributed by atoms with Crippen LogP contribution in [0.25, 0.3) is 11.3 Å². The molecule has 5 N–H and O–H groups in total. The van der Waals surface area contributed by atoms with E-state index in [0.29, 0.717) is 34.8 Å². The van der Waals surface area contributed by atoms with Gasteiger partial charge in [0.1, 0.15) is 17.5 Å². The smallest absolute Gasteiger partial charge is 0.150 e. The topological polar surface area (TPSA) is 99.7 Å². The zero-order valence-electron chi connectivity index (χ0n) is 17.0. The molecule has 2 aromatic heterocycles. The van der Waals surface area contributed by atoms with Crippen LogP contribution in [0.2, 0.25) is 5.02 Å². The molecule has 0 bridgehead atoms. The number of nitrogen functional groups attached to an aromatic ring is 1. The molecule has 0 aliphatic heterocycles. The molecular weight excluding hydrogens is 415 g/mol. The lowest BCUT2D eigenvalue weighted by molar-refractivity contribution is 0.588. The predicted octanol–water partition coefficient (Wildman–Crippen LogP) is 5.50. The van der Waals surface area contributed by atoms with Crippen LogP contribution < -0.4 is 16.4 Å². The first-order valence-electron chi connectivity index (χ1n) is 10.2. The Morgan fingerprint density at radius 1 is 1.16 bits per heavy atom. The number of hydrogen-bond acceptors (Lipinski definition) is 6. The summed E-state index contributed by atoms with van der Waals surface area (Å²) in [7, 11) is 0. The number of hydrogen-bond donors (Lipinski definition) is 4. The standard InChI is InChI=1S/C23H24ClFN6/c24-19-13-28-22(30-17-6-4-16(26)5-7-17)11-18(19)21-9-8-20(27)23(31-21)29-12-14-2-1-3-15(25)10-14/h1-3,8-11,13,17,26H,4-7,12,27H2,(H,28,30)(H,29,31). The molecule has 31 heavy (non-hydrogen) atoms. The van der Waals surface area contributed by atoms with Crippen LogP contribution in [-0.2, 0) is 6.54 Å². The third-order valence-corrected chi connectivity index (χ3v) is 5.65. The molecule has 1 aliphatic rings. The Morgan fingerprint density at radius 2 is 1.97 bits per heavy atom. The SMILES string of the molecule is N=C1CCC(Nc2cc(-c3ccc(N)c(NCc4cccc(F)c4)n3)c(Cl)cn2)CC1. The molecule has 1 fully saturated rings. The lowest BCUT2D eigenvalue weighted by atomic mass is 9.94. The summed E-state index contributed by atoms with van der Waals surface area (Å²) in [5.74, 6) is 0.952. The molecule has 8 heteroatoms. The minimum atomic E-state index is -0.285. The van der Waals surface area contributed by atoms with Crippen LogP contribution in [0.1, 0.15) is 31.2 Å². The summed E-state index contributed by atoms with van der Waals surface area (Å²) in [5, 5.41) is 14.9. The lowest BCUT2D eigenvalue weighted by Gasteiger charge is -2.24. The van der Waals surface area contributed by atoms with Gasteiger partial charge >= 0.3 is 0 Å². The van der Waals surface area contributed by atoms with Gasteiger partial charge in [-0.15, -0.1) is 0 Å². The molecule has 4 rings (SSSR count). The predicted molar refractivity (Wildman–Crippen MR) is 124 cm³/mol. The Morgan fingerprint density at radius 3 is 2.74 bits per heavy atom. The summed E-state index contributed by atoms with van der Waals surface area (Å²) >= 11 is 6.42. The van der Waals surface area contributed by atoms with E-state index in [0.717, 1.165) is 48.3 Å². The molecular formula is C23H24ClFN6. The number of rotatable bonds is 6. The van der Waals surface area contributed by atoms with Crippen molar-refractivity contribution in [3.8, 4) is 11.3 Å². The van der Waals surface area contributed by atoms with Crippen molar-refractivity contribution in [2.45, 2.75) is 38.3 Å². The summed E-state index contributed by atoms with van der Waals surface area (Å²) < 4.78 is 13.4. The van der Waals surface area contributed by atoms with Crippen molar-refractivity contribution in [1.82, 2.24) is 9.97 Å². The summed E-state index contributed by atoms with van der Waals surface area (Å²) in [6, 6.07) is 12.1. The summed E-state index contributed by atoms with van der Waals surface area (Å²) in [6.45, 7) is 0.395. The van der Waals surface area contributed by atoms with Crippen molar-refractivity contribution in [1.29, 1.82) is 5.41 Å². The van der Waals surface area contributed by atoms with Crippen LogP contribution in [0.4, 0.5) is 21.7 Å². The molecule has 0 saturated heterocycles. The largest absolute Gasteiger partial charge is 0.396 e. The molecule has 3 aromatic rings. The average molecular weight is 439 g/mol. The number of benzene rings is 1. The van der Waals surface area contributed by atoms with Crippen LogP contribution in [0.5, 0.6) is 0 Å². The van der Waals surface area contributed by atoms with Crippen LogP contribution in [0.3, 0.4) is 0 Å². The van der Waals surface area contributed by atoms with Crippen molar-refractivity contribution in [3.63, 3.8) is 0 Å². The number of pyridine rings is 2. The highest BCUT2D eigenvalue weighted by Crippen LogP contribution is 2.31. The van der Waals surface area contributed by atoms with Crippen LogP contribution in [0.15, 0.2) is 48.7 Å². The van der Waals surface area contributed by atoms with Crippen molar-refractivity contribution in [3.05, 3.63) is 65.1 Å². The highest BCUT2D eigenvalue weighted by Gasteiger charge is 2.18. The first-order chi connectivity index (χ1) is 15.0. The average Bonchev–Trinajstić information content (AvgIpc) is 2.76. The monoisotopic (exact) mass is 438 g/mol. The number of aromatic nitrogens is 2. The molecule has 0 unspecified atom stereocenters. The summed E-state index contributed by atoms with van der Waals surface area (Å²) in [4.78, 5) is 9.04. The van der Waals surface area contributed by atoms with Gasteiger partial charge in [0.15, 0.2) is 0 Å². The fourth-order valence-corrected chi connectivity index (χ4v) is 3.83. The first kappa shape index (κ1) is 21.1. The molecule has 0 spiro atoms. The van der Waals surface area contributed by atoms with Gasteiger partial charge in [-0.2, -0.15) is 0 Å². The van der Waals surface area contributed by atoms with Gasteiger partial charge in [-0.25, -0.2) is 14.4 Å². The maximum absolute atomic E-state index is 13.4. The summed E-state index contributed by atoms with van der Waals surface area (Å²) in [5.41, 5.74) is 9.60.